The third kappa shape index (κ3) is 7.39. The van der Waals surface area contributed by atoms with Crippen LogP contribution in [0.3, 0.4) is 0 Å². The normalized spacial score (nSPS) is 17.2. The van der Waals surface area contributed by atoms with E-state index >= 15 is 0 Å². The highest BCUT2D eigenvalue weighted by Gasteiger charge is 2.22. The van der Waals surface area contributed by atoms with Crippen molar-refractivity contribution in [2.24, 2.45) is 10.9 Å². The minimum Gasteiger partial charge on any atom is -0.356 e. The molecular formula is C22H30FIN4. The molecule has 1 saturated heterocycles. The molecule has 4 nitrogen and oxygen atoms in total. The number of hydrogen-bond acceptors (Lipinski definition) is 2. The fourth-order valence-electron chi connectivity index (χ4n) is 3.51. The monoisotopic (exact) mass is 496 g/mol. The first-order valence-electron chi connectivity index (χ1n) is 9.68. The molecule has 0 saturated carbocycles. The molecule has 1 unspecified atom stereocenters. The van der Waals surface area contributed by atoms with Gasteiger partial charge in [0.1, 0.15) is 5.82 Å². The fraction of sp³-hybridized carbons (Fsp3) is 0.409. The first kappa shape index (κ1) is 22.6. The van der Waals surface area contributed by atoms with Gasteiger partial charge in [0, 0.05) is 33.2 Å². The van der Waals surface area contributed by atoms with Gasteiger partial charge in [0.25, 0.3) is 0 Å². The second-order valence-corrected chi connectivity index (χ2v) is 7.13. The maximum Gasteiger partial charge on any atom is 0.191 e. The molecule has 28 heavy (non-hydrogen) atoms. The zero-order chi connectivity index (χ0) is 18.9. The fourth-order valence-corrected chi connectivity index (χ4v) is 3.51. The third-order valence-corrected chi connectivity index (χ3v) is 5.06. The first-order chi connectivity index (χ1) is 13.2. The summed E-state index contributed by atoms with van der Waals surface area (Å²) in [6, 6.07) is 17.3. The van der Waals surface area contributed by atoms with E-state index in [2.05, 4.69) is 50.9 Å². The quantitative estimate of drug-likeness (QED) is 0.349. The summed E-state index contributed by atoms with van der Waals surface area (Å²) in [5.41, 5.74) is 2.31. The van der Waals surface area contributed by atoms with Gasteiger partial charge in [0.2, 0.25) is 0 Å². The Hall–Kier alpha value is -1.67. The van der Waals surface area contributed by atoms with Crippen LogP contribution in [0.15, 0.2) is 59.6 Å². The zero-order valence-corrected chi connectivity index (χ0v) is 18.7. The molecular weight excluding hydrogens is 466 g/mol. The lowest BCUT2D eigenvalue weighted by molar-refractivity contribution is 0.328. The SMILES string of the molecule is CN=C(NCc1cccc(F)c1)NCC1CCN(CCc2ccccc2)C1.I. The van der Waals surface area contributed by atoms with E-state index in [9.17, 15) is 4.39 Å². The summed E-state index contributed by atoms with van der Waals surface area (Å²) in [6.07, 6.45) is 2.32. The third-order valence-electron chi connectivity index (χ3n) is 5.06. The Morgan fingerprint density at radius 1 is 1.11 bits per heavy atom. The van der Waals surface area contributed by atoms with Crippen molar-refractivity contribution >= 4 is 29.9 Å². The Labute approximate surface area is 184 Å². The molecule has 1 aliphatic heterocycles. The predicted octanol–water partition coefficient (Wildman–Crippen LogP) is 3.67. The molecule has 2 aromatic carbocycles. The van der Waals surface area contributed by atoms with Crippen LogP contribution < -0.4 is 10.6 Å². The lowest BCUT2D eigenvalue weighted by Crippen LogP contribution is -2.40. The molecule has 0 aliphatic carbocycles. The molecule has 6 heteroatoms. The summed E-state index contributed by atoms with van der Waals surface area (Å²) in [5, 5.41) is 6.66. The molecule has 1 fully saturated rings. The van der Waals surface area contributed by atoms with E-state index in [1.165, 1.54) is 18.1 Å². The van der Waals surface area contributed by atoms with Gasteiger partial charge in [0.15, 0.2) is 5.96 Å². The number of halogens is 2. The van der Waals surface area contributed by atoms with E-state index in [-0.39, 0.29) is 29.8 Å². The van der Waals surface area contributed by atoms with Gasteiger partial charge in [-0.15, -0.1) is 24.0 Å². The Morgan fingerprint density at radius 3 is 2.64 bits per heavy atom. The van der Waals surface area contributed by atoms with Crippen molar-refractivity contribution in [3.63, 3.8) is 0 Å². The summed E-state index contributed by atoms with van der Waals surface area (Å²) < 4.78 is 13.3. The molecule has 1 heterocycles. The number of aliphatic imine (C=N–C) groups is 1. The standard InChI is InChI=1S/C22H29FN4.HI/c1-24-22(25-15-19-8-5-9-21(23)14-19)26-16-20-11-13-27(17-20)12-10-18-6-3-2-4-7-18;/h2-9,14,20H,10-13,15-17H2,1H3,(H2,24,25,26);1H. The van der Waals surface area contributed by atoms with E-state index in [1.54, 1.807) is 19.2 Å². The molecule has 0 bridgehead atoms. The average Bonchev–Trinajstić information content (AvgIpc) is 3.15. The second-order valence-electron chi connectivity index (χ2n) is 7.13. The van der Waals surface area contributed by atoms with Crippen LogP contribution in [-0.4, -0.2) is 44.1 Å². The van der Waals surface area contributed by atoms with Crippen molar-refractivity contribution in [1.29, 1.82) is 0 Å². The van der Waals surface area contributed by atoms with Crippen LogP contribution in [0.2, 0.25) is 0 Å². The number of benzene rings is 2. The first-order valence-corrected chi connectivity index (χ1v) is 9.68. The zero-order valence-electron chi connectivity index (χ0n) is 16.4. The van der Waals surface area contributed by atoms with Gasteiger partial charge in [-0.2, -0.15) is 0 Å². The molecule has 2 N–H and O–H groups in total. The Bertz CT molecular complexity index is 738. The molecule has 1 atom stereocenters. The molecule has 0 aromatic heterocycles. The highest BCUT2D eigenvalue weighted by Crippen LogP contribution is 2.16. The van der Waals surface area contributed by atoms with Gasteiger partial charge >= 0.3 is 0 Å². The maximum absolute atomic E-state index is 13.3. The molecule has 0 amide bonds. The number of nitrogens with zero attached hydrogens (tertiary/aromatic N) is 2. The summed E-state index contributed by atoms with van der Waals surface area (Å²) in [4.78, 5) is 6.81. The van der Waals surface area contributed by atoms with Crippen molar-refractivity contribution in [3.8, 4) is 0 Å². The summed E-state index contributed by atoms with van der Waals surface area (Å²) in [5.74, 6) is 1.19. The number of rotatable bonds is 7. The van der Waals surface area contributed by atoms with Crippen molar-refractivity contribution in [2.75, 3.05) is 33.2 Å². The molecule has 3 rings (SSSR count). The largest absolute Gasteiger partial charge is 0.356 e. The van der Waals surface area contributed by atoms with E-state index in [1.807, 2.05) is 6.07 Å². The number of likely N-dealkylation sites (tertiary alicyclic amines) is 1. The van der Waals surface area contributed by atoms with Crippen molar-refractivity contribution in [3.05, 3.63) is 71.5 Å². The predicted molar refractivity (Wildman–Crippen MR) is 125 cm³/mol. The van der Waals surface area contributed by atoms with E-state index in [4.69, 9.17) is 0 Å². The molecule has 152 valence electrons. The number of hydrogen-bond donors (Lipinski definition) is 2. The Morgan fingerprint density at radius 2 is 1.89 bits per heavy atom. The highest BCUT2D eigenvalue weighted by atomic mass is 127. The molecule has 1 aliphatic rings. The maximum atomic E-state index is 13.3. The van der Waals surface area contributed by atoms with Gasteiger partial charge in [-0.1, -0.05) is 42.5 Å². The van der Waals surface area contributed by atoms with Crippen LogP contribution in [0.5, 0.6) is 0 Å². The van der Waals surface area contributed by atoms with E-state index in [0.717, 1.165) is 44.1 Å². The summed E-state index contributed by atoms with van der Waals surface area (Å²) in [6.45, 7) is 4.87. The van der Waals surface area contributed by atoms with Gasteiger partial charge in [-0.3, -0.25) is 4.99 Å². The van der Waals surface area contributed by atoms with Gasteiger partial charge in [0.05, 0.1) is 0 Å². The van der Waals surface area contributed by atoms with Crippen LogP contribution in [0.25, 0.3) is 0 Å². The molecule has 2 aromatic rings. The van der Waals surface area contributed by atoms with Crippen LogP contribution in [-0.2, 0) is 13.0 Å². The summed E-state index contributed by atoms with van der Waals surface area (Å²) >= 11 is 0. The topological polar surface area (TPSA) is 39.7 Å². The Balaban J connectivity index is 0.00000280. The lowest BCUT2D eigenvalue weighted by atomic mass is 10.1. The lowest BCUT2D eigenvalue weighted by Gasteiger charge is -2.17. The second kappa shape index (κ2) is 12.0. The number of nitrogens with one attached hydrogen (secondary N) is 2. The molecule has 0 spiro atoms. The van der Waals surface area contributed by atoms with Gasteiger partial charge in [-0.25, -0.2) is 4.39 Å². The highest BCUT2D eigenvalue weighted by molar-refractivity contribution is 14.0. The number of guanidine groups is 1. The Kier molecular flexibility index (Phi) is 9.70. The van der Waals surface area contributed by atoms with Crippen molar-refractivity contribution in [1.82, 2.24) is 15.5 Å². The molecule has 0 radical (unpaired) electrons. The minimum atomic E-state index is -0.209. The van der Waals surface area contributed by atoms with Crippen LogP contribution in [0, 0.1) is 11.7 Å². The van der Waals surface area contributed by atoms with Gasteiger partial charge < -0.3 is 15.5 Å². The van der Waals surface area contributed by atoms with Crippen LogP contribution in [0.4, 0.5) is 4.39 Å². The van der Waals surface area contributed by atoms with Crippen molar-refractivity contribution in [2.45, 2.75) is 19.4 Å². The van der Waals surface area contributed by atoms with Crippen LogP contribution in [0.1, 0.15) is 17.5 Å². The van der Waals surface area contributed by atoms with Gasteiger partial charge in [-0.05, 0) is 48.6 Å². The average molecular weight is 496 g/mol. The van der Waals surface area contributed by atoms with E-state index < -0.39 is 0 Å². The van der Waals surface area contributed by atoms with Crippen LogP contribution >= 0.6 is 24.0 Å². The van der Waals surface area contributed by atoms with E-state index in [0.29, 0.717) is 12.5 Å². The smallest absolute Gasteiger partial charge is 0.191 e. The summed E-state index contributed by atoms with van der Waals surface area (Å²) in [7, 11) is 1.77. The minimum absolute atomic E-state index is 0. The van der Waals surface area contributed by atoms with Crippen molar-refractivity contribution < 1.29 is 4.39 Å².